The summed E-state index contributed by atoms with van der Waals surface area (Å²) in [5, 5.41) is 0. The van der Waals surface area contributed by atoms with Gasteiger partial charge in [0.25, 0.3) is 0 Å². The van der Waals surface area contributed by atoms with E-state index >= 15 is 0 Å². The van der Waals surface area contributed by atoms with Crippen LogP contribution in [0.5, 0.6) is 0 Å². The standard InChI is InChI=1S/C6H12N2O.2C2H6/c7-6(9)8-4-2-1-3-5-8;2*1-2/h1-5H2,(H2,7,9);2*1-2H3. The van der Waals surface area contributed by atoms with Crippen LogP contribution in [-0.2, 0) is 0 Å². The molecule has 0 saturated carbocycles. The van der Waals surface area contributed by atoms with Crippen molar-refractivity contribution in [3.05, 3.63) is 0 Å². The van der Waals surface area contributed by atoms with Gasteiger partial charge in [0.05, 0.1) is 0 Å². The molecule has 0 unspecified atom stereocenters. The highest BCUT2D eigenvalue weighted by Crippen LogP contribution is 2.06. The number of nitrogens with two attached hydrogens (primary N) is 1. The summed E-state index contributed by atoms with van der Waals surface area (Å²) in [6, 6.07) is -0.269. The molecule has 80 valence electrons. The maximum absolute atomic E-state index is 10.5. The van der Waals surface area contributed by atoms with E-state index in [0.717, 1.165) is 25.9 Å². The molecule has 0 aromatic heterocycles. The van der Waals surface area contributed by atoms with Crippen molar-refractivity contribution in [3.8, 4) is 0 Å². The van der Waals surface area contributed by atoms with Gasteiger partial charge in [0.15, 0.2) is 0 Å². The summed E-state index contributed by atoms with van der Waals surface area (Å²) in [4.78, 5) is 12.2. The first kappa shape index (κ1) is 14.8. The van der Waals surface area contributed by atoms with Crippen LogP contribution in [0.3, 0.4) is 0 Å². The fourth-order valence-corrected chi connectivity index (χ4v) is 1.11. The Kier molecular flexibility index (Phi) is 12.8. The van der Waals surface area contributed by atoms with Crippen LogP contribution < -0.4 is 5.73 Å². The summed E-state index contributed by atoms with van der Waals surface area (Å²) >= 11 is 0. The Morgan fingerprint density at radius 3 is 1.62 bits per heavy atom. The first-order valence-electron chi connectivity index (χ1n) is 5.35. The van der Waals surface area contributed by atoms with Gasteiger partial charge in [0.2, 0.25) is 0 Å². The lowest BCUT2D eigenvalue weighted by Crippen LogP contribution is -2.39. The predicted octanol–water partition coefficient (Wildman–Crippen LogP) is 2.60. The third-order valence-corrected chi connectivity index (χ3v) is 1.67. The third kappa shape index (κ3) is 7.62. The average molecular weight is 188 g/mol. The van der Waals surface area contributed by atoms with Gasteiger partial charge in [-0.05, 0) is 19.3 Å². The molecule has 1 saturated heterocycles. The van der Waals surface area contributed by atoms with Crippen molar-refractivity contribution in [2.24, 2.45) is 5.73 Å². The Labute approximate surface area is 82.3 Å². The first-order valence-corrected chi connectivity index (χ1v) is 5.35. The lowest BCUT2D eigenvalue weighted by Gasteiger charge is -2.24. The molecular weight excluding hydrogens is 164 g/mol. The van der Waals surface area contributed by atoms with Crippen LogP contribution in [0.25, 0.3) is 0 Å². The van der Waals surface area contributed by atoms with E-state index in [2.05, 4.69) is 0 Å². The summed E-state index contributed by atoms with van der Waals surface area (Å²) < 4.78 is 0. The second-order valence-electron chi connectivity index (χ2n) is 2.39. The van der Waals surface area contributed by atoms with Gasteiger partial charge in [0.1, 0.15) is 0 Å². The number of carbonyl (C=O) groups excluding carboxylic acids is 1. The van der Waals surface area contributed by atoms with Crippen molar-refractivity contribution in [1.82, 2.24) is 4.90 Å². The molecule has 0 bridgehead atoms. The summed E-state index contributed by atoms with van der Waals surface area (Å²) in [6.07, 6.45) is 3.47. The summed E-state index contributed by atoms with van der Waals surface area (Å²) in [6.45, 7) is 9.71. The molecule has 0 aromatic carbocycles. The van der Waals surface area contributed by atoms with E-state index in [1.807, 2.05) is 27.7 Å². The molecule has 1 aliphatic heterocycles. The number of carbonyl (C=O) groups is 1. The van der Waals surface area contributed by atoms with E-state index in [0.29, 0.717) is 0 Å². The Balaban J connectivity index is 0. The van der Waals surface area contributed by atoms with Crippen LogP contribution in [0.4, 0.5) is 4.79 Å². The molecule has 1 fully saturated rings. The third-order valence-electron chi connectivity index (χ3n) is 1.67. The van der Waals surface area contributed by atoms with Gasteiger partial charge >= 0.3 is 6.03 Å². The highest BCUT2D eigenvalue weighted by molar-refractivity contribution is 5.71. The number of rotatable bonds is 0. The van der Waals surface area contributed by atoms with Gasteiger partial charge in [-0.25, -0.2) is 4.79 Å². The molecule has 0 radical (unpaired) electrons. The van der Waals surface area contributed by atoms with E-state index in [1.165, 1.54) is 6.42 Å². The molecule has 0 spiro atoms. The minimum Gasteiger partial charge on any atom is -0.351 e. The monoisotopic (exact) mass is 188 g/mol. The SMILES string of the molecule is CC.CC.NC(=O)N1CCCCC1. The molecule has 2 N–H and O–H groups in total. The van der Waals surface area contributed by atoms with Crippen molar-refractivity contribution in [2.45, 2.75) is 47.0 Å². The van der Waals surface area contributed by atoms with E-state index in [4.69, 9.17) is 5.73 Å². The van der Waals surface area contributed by atoms with Crippen LogP contribution >= 0.6 is 0 Å². The van der Waals surface area contributed by atoms with Gasteiger partial charge in [-0.3, -0.25) is 0 Å². The Bertz CT molecular complexity index is 109. The average Bonchev–Trinajstić information content (AvgIpc) is 2.25. The summed E-state index contributed by atoms with van der Waals surface area (Å²) in [5.41, 5.74) is 5.05. The number of primary amides is 1. The molecule has 2 amide bonds. The molecule has 1 aliphatic rings. The first-order chi connectivity index (χ1) is 6.30. The Morgan fingerprint density at radius 2 is 1.38 bits per heavy atom. The van der Waals surface area contributed by atoms with Gasteiger partial charge in [-0.2, -0.15) is 0 Å². The van der Waals surface area contributed by atoms with Crippen molar-refractivity contribution in [2.75, 3.05) is 13.1 Å². The molecule has 1 heterocycles. The molecule has 13 heavy (non-hydrogen) atoms. The largest absolute Gasteiger partial charge is 0.351 e. The van der Waals surface area contributed by atoms with Crippen molar-refractivity contribution < 1.29 is 4.79 Å². The van der Waals surface area contributed by atoms with Crippen LogP contribution in [0.15, 0.2) is 0 Å². The quantitative estimate of drug-likeness (QED) is 0.624. The zero-order chi connectivity index (χ0) is 10.7. The van der Waals surface area contributed by atoms with E-state index in [9.17, 15) is 4.79 Å². The fraction of sp³-hybridized carbons (Fsp3) is 0.900. The number of urea groups is 1. The van der Waals surface area contributed by atoms with Gasteiger partial charge in [-0.1, -0.05) is 27.7 Å². The van der Waals surface area contributed by atoms with Crippen LogP contribution in [-0.4, -0.2) is 24.0 Å². The summed E-state index contributed by atoms with van der Waals surface area (Å²) in [7, 11) is 0. The minimum absolute atomic E-state index is 0.269. The minimum atomic E-state index is -0.269. The Morgan fingerprint density at radius 1 is 1.00 bits per heavy atom. The second-order valence-corrected chi connectivity index (χ2v) is 2.39. The van der Waals surface area contributed by atoms with E-state index in [1.54, 1.807) is 4.90 Å². The van der Waals surface area contributed by atoms with Gasteiger partial charge in [-0.15, -0.1) is 0 Å². The van der Waals surface area contributed by atoms with Crippen LogP contribution in [0.2, 0.25) is 0 Å². The zero-order valence-electron chi connectivity index (χ0n) is 9.47. The number of hydrogen-bond donors (Lipinski definition) is 1. The topological polar surface area (TPSA) is 46.3 Å². The maximum Gasteiger partial charge on any atom is 0.314 e. The number of likely N-dealkylation sites (tertiary alicyclic amines) is 1. The zero-order valence-corrected chi connectivity index (χ0v) is 9.47. The van der Waals surface area contributed by atoms with Crippen molar-refractivity contribution in [1.29, 1.82) is 0 Å². The number of hydrogen-bond acceptors (Lipinski definition) is 1. The van der Waals surface area contributed by atoms with Gasteiger partial charge < -0.3 is 10.6 Å². The van der Waals surface area contributed by atoms with Crippen molar-refractivity contribution in [3.63, 3.8) is 0 Å². The normalized spacial score (nSPS) is 14.6. The van der Waals surface area contributed by atoms with Gasteiger partial charge in [0, 0.05) is 13.1 Å². The Hall–Kier alpha value is -0.730. The highest BCUT2D eigenvalue weighted by Gasteiger charge is 2.11. The lowest BCUT2D eigenvalue weighted by atomic mass is 10.1. The molecule has 0 aliphatic carbocycles. The fourth-order valence-electron chi connectivity index (χ4n) is 1.11. The molecular formula is C10H24N2O. The predicted molar refractivity (Wildman–Crippen MR) is 57.7 cm³/mol. The molecule has 0 atom stereocenters. The van der Waals surface area contributed by atoms with Crippen molar-refractivity contribution >= 4 is 6.03 Å². The lowest BCUT2D eigenvalue weighted by molar-refractivity contribution is 0.196. The number of amides is 2. The molecule has 1 rings (SSSR count). The van der Waals surface area contributed by atoms with Crippen LogP contribution in [0, 0.1) is 0 Å². The molecule has 0 aromatic rings. The maximum atomic E-state index is 10.5. The highest BCUT2D eigenvalue weighted by atomic mass is 16.2. The second kappa shape index (κ2) is 11.3. The number of nitrogens with zero attached hydrogens (tertiary/aromatic N) is 1. The van der Waals surface area contributed by atoms with Crippen LogP contribution in [0.1, 0.15) is 47.0 Å². The van der Waals surface area contributed by atoms with E-state index < -0.39 is 0 Å². The summed E-state index contributed by atoms with van der Waals surface area (Å²) in [5.74, 6) is 0. The number of piperidine rings is 1. The van der Waals surface area contributed by atoms with E-state index in [-0.39, 0.29) is 6.03 Å². The molecule has 3 nitrogen and oxygen atoms in total. The molecule has 3 heteroatoms. The smallest absolute Gasteiger partial charge is 0.314 e.